The van der Waals surface area contributed by atoms with Gasteiger partial charge in [-0.3, -0.25) is 14.9 Å². The number of benzene rings is 3. The van der Waals surface area contributed by atoms with Gasteiger partial charge in [0.05, 0.1) is 16.3 Å². The van der Waals surface area contributed by atoms with Crippen LogP contribution in [-0.2, 0) is 17.9 Å². The van der Waals surface area contributed by atoms with Crippen molar-refractivity contribution < 1.29 is 9.72 Å². The van der Waals surface area contributed by atoms with Crippen molar-refractivity contribution in [3.8, 4) is 16.9 Å². The van der Waals surface area contributed by atoms with Gasteiger partial charge < -0.3 is 10.2 Å². The minimum Gasteiger partial charge on any atom is -0.312 e. The third-order valence-electron chi connectivity index (χ3n) is 6.13. The number of rotatable bonds is 8. The number of nitrogens with zero attached hydrogens (tertiary/aromatic N) is 4. The van der Waals surface area contributed by atoms with E-state index in [0.717, 1.165) is 46.7 Å². The minimum absolute atomic E-state index is 0.0509. The van der Waals surface area contributed by atoms with Crippen LogP contribution in [0.15, 0.2) is 85.1 Å². The monoisotopic (exact) mass is 467 g/mol. The number of non-ortho nitro benzene ring substituents is 1. The third kappa shape index (κ3) is 4.97. The van der Waals surface area contributed by atoms with Gasteiger partial charge in [0.2, 0.25) is 5.91 Å². The zero-order valence-corrected chi connectivity index (χ0v) is 19.1. The molecule has 3 aromatic carbocycles. The van der Waals surface area contributed by atoms with Crippen molar-refractivity contribution in [2.75, 3.05) is 11.4 Å². The molecule has 1 aliphatic rings. The SMILES string of the molecule is O=C1CCCN1c1ccc(CNCc2cn(-c3ccccc3)nc2-c2ccc([N+](=O)[O-])cc2)cc1. The predicted molar refractivity (Wildman–Crippen MR) is 134 cm³/mol. The van der Waals surface area contributed by atoms with Crippen molar-refractivity contribution in [1.29, 1.82) is 0 Å². The van der Waals surface area contributed by atoms with E-state index < -0.39 is 4.92 Å². The summed E-state index contributed by atoms with van der Waals surface area (Å²) in [6.45, 7) is 2.02. The fourth-order valence-electron chi connectivity index (χ4n) is 4.29. The fourth-order valence-corrected chi connectivity index (χ4v) is 4.29. The number of nitrogens with one attached hydrogen (secondary N) is 1. The second kappa shape index (κ2) is 9.90. The Bertz CT molecular complexity index is 1330. The van der Waals surface area contributed by atoms with Crippen LogP contribution in [0.3, 0.4) is 0 Å². The third-order valence-corrected chi connectivity index (χ3v) is 6.13. The van der Waals surface area contributed by atoms with Crippen LogP contribution in [0.5, 0.6) is 0 Å². The van der Waals surface area contributed by atoms with Crippen LogP contribution in [0, 0.1) is 10.1 Å². The van der Waals surface area contributed by atoms with Crippen LogP contribution in [0.2, 0.25) is 0 Å². The summed E-state index contributed by atoms with van der Waals surface area (Å²) >= 11 is 0. The van der Waals surface area contributed by atoms with E-state index in [2.05, 4.69) is 5.32 Å². The summed E-state index contributed by atoms with van der Waals surface area (Å²) in [6.07, 6.45) is 3.52. The summed E-state index contributed by atoms with van der Waals surface area (Å²) in [7, 11) is 0. The Labute approximate surface area is 203 Å². The summed E-state index contributed by atoms with van der Waals surface area (Å²) < 4.78 is 1.83. The first-order valence-electron chi connectivity index (χ1n) is 11.6. The number of anilines is 1. The Morgan fingerprint density at radius 2 is 1.66 bits per heavy atom. The average molecular weight is 468 g/mol. The quantitative estimate of drug-likeness (QED) is 0.295. The average Bonchev–Trinajstić information content (AvgIpc) is 3.51. The molecule has 1 fully saturated rings. The maximum Gasteiger partial charge on any atom is 0.269 e. The van der Waals surface area contributed by atoms with E-state index in [1.165, 1.54) is 12.1 Å². The van der Waals surface area contributed by atoms with E-state index in [9.17, 15) is 14.9 Å². The first-order chi connectivity index (χ1) is 17.1. The highest BCUT2D eigenvalue weighted by atomic mass is 16.6. The molecule has 0 aliphatic carbocycles. The molecule has 0 spiro atoms. The summed E-state index contributed by atoms with van der Waals surface area (Å²) in [6, 6.07) is 24.4. The van der Waals surface area contributed by atoms with E-state index in [0.29, 0.717) is 19.5 Å². The Balaban J connectivity index is 1.33. The van der Waals surface area contributed by atoms with E-state index in [4.69, 9.17) is 5.10 Å². The Morgan fingerprint density at radius 3 is 2.31 bits per heavy atom. The molecule has 8 heteroatoms. The molecule has 4 aromatic rings. The molecule has 35 heavy (non-hydrogen) atoms. The Morgan fingerprint density at radius 1 is 0.914 bits per heavy atom. The van der Waals surface area contributed by atoms with Crippen molar-refractivity contribution in [1.82, 2.24) is 15.1 Å². The minimum atomic E-state index is -0.403. The van der Waals surface area contributed by atoms with Crippen molar-refractivity contribution in [3.63, 3.8) is 0 Å². The second-order valence-electron chi connectivity index (χ2n) is 8.51. The Kier molecular flexibility index (Phi) is 6.36. The number of nitro groups is 1. The first kappa shape index (κ1) is 22.5. The van der Waals surface area contributed by atoms with Crippen LogP contribution in [0.4, 0.5) is 11.4 Å². The van der Waals surface area contributed by atoms with Crippen LogP contribution >= 0.6 is 0 Å². The van der Waals surface area contributed by atoms with Gasteiger partial charge in [-0.05, 0) is 48.4 Å². The highest BCUT2D eigenvalue weighted by Gasteiger charge is 2.21. The van der Waals surface area contributed by atoms with Gasteiger partial charge in [0, 0.05) is 61.2 Å². The van der Waals surface area contributed by atoms with Crippen molar-refractivity contribution >= 4 is 17.3 Å². The van der Waals surface area contributed by atoms with Crippen LogP contribution in [0.25, 0.3) is 16.9 Å². The van der Waals surface area contributed by atoms with Gasteiger partial charge in [-0.1, -0.05) is 30.3 Å². The molecule has 2 heterocycles. The van der Waals surface area contributed by atoms with E-state index >= 15 is 0 Å². The highest BCUT2D eigenvalue weighted by molar-refractivity contribution is 5.95. The van der Waals surface area contributed by atoms with E-state index in [1.807, 2.05) is 70.4 Å². The maximum atomic E-state index is 12.0. The smallest absolute Gasteiger partial charge is 0.269 e. The largest absolute Gasteiger partial charge is 0.312 e. The number of carbonyl (C=O) groups is 1. The molecule has 1 amide bonds. The molecule has 0 unspecified atom stereocenters. The molecule has 0 atom stereocenters. The van der Waals surface area contributed by atoms with Gasteiger partial charge in [0.15, 0.2) is 0 Å². The number of carbonyl (C=O) groups excluding carboxylic acids is 1. The molecule has 0 bridgehead atoms. The van der Waals surface area contributed by atoms with Gasteiger partial charge in [0.25, 0.3) is 5.69 Å². The Hall–Kier alpha value is -4.30. The molecule has 0 saturated carbocycles. The van der Waals surface area contributed by atoms with Crippen molar-refractivity contribution in [2.45, 2.75) is 25.9 Å². The first-order valence-corrected chi connectivity index (χ1v) is 11.6. The van der Waals surface area contributed by atoms with Gasteiger partial charge in [-0.2, -0.15) is 5.10 Å². The predicted octanol–water partition coefficient (Wildman–Crippen LogP) is 4.86. The number of aromatic nitrogens is 2. The van der Waals surface area contributed by atoms with Crippen LogP contribution in [-0.4, -0.2) is 27.2 Å². The van der Waals surface area contributed by atoms with Crippen LogP contribution in [0.1, 0.15) is 24.0 Å². The molecule has 5 rings (SSSR count). The number of hydrogen-bond acceptors (Lipinski definition) is 5. The topological polar surface area (TPSA) is 93.3 Å². The summed E-state index contributed by atoms with van der Waals surface area (Å²) in [4.78, 5) is 24.5. The lowest BCUT2D eigenvalue weighted by atomic mass is 10.1. The van der Waals surface area contributed by atoms with Gasteiger partial charge >= 0.3 is 0 Å². The van der Waals surface area contributed by atoms with Crippen LogP contribution < -0.4 is 10.2 Å². The second-order valence-corrected chi connectivity index (χ2v) is 8.51. The molecule has 8 nitrogen and oxygen atoms in total. The zero-order valence-electron chi connectivity index (χ0n) is 19.1. The van der Waals surface area contributed by atoms with Crippen molar-refractivity contribution in [3.05, 3.63) is 106 Å². The van der Waals surface area contributed by atoms with Gasteiger partial charge in [0.1, 0.15) is 0 Å². The number of amides is 1. The lowest BCUT2D eigenvalue weighted by Gasteiger charge is -2.16. The molecule has 0 radical (unpaired) electrons. The lowest BCUT2D eigenvalue weighted by Crippen LogP contribution is -2.23. The molecular weight excluding hydrogens is 442 g/mol. The number of nitro benzene ring substituents is 1. The zero-order chi connectivity index (χ0) is 24.2. The summed E-state index contributed by atoms with van der Waals surface area (Å²) in [5.41, 5.74) is 5.64. The normalized spacial score (nSPS) is 13.4. The maximum absolute atomic E-state index is 12.0. The van der Waals surface area contributed by atoms with Crippen molar-refractivity contribution in [2.24, 2.45) is 0 Å². The molecule has 1 N–H and O–H groups in total. The fraction of sp³-hybridized carbons (Fsp3) is 0.185. The van der Waals surface area contributed by atoms with E-state index in [1.54, 1.807) is 12.1 Å². The lowest BCUT2D eigenvalue weighted by molar-refractivity contribution is -0.384. The molecule has 1 saturated heterocycles. The summed E-state index contributed by atoms with van der Waals surface area (Å²) in [5.74, 6) is 0.185. The van der Waals surface area contributed by atoms with Gasteiger partial charge in [-0.15, -0.1) is 0 Å². The highest BCUT2D eigenvalue weighted by Crippen LogP contribution is 2.26. The molecule has 176 valence electrons. The standard InChI is InChI=1S/C27H25N5O3/c33-26-7-4-16-30(26)23-12-8-20(9-13-23)17-28-18-22-19-31(24-5-2-1-3-6-24)29-27(22)21-10-14-25(15-11-21)32(34)35/h1-3,5-6,8-15,19,28H,4,7,16-18H2. The summed E-state index contributed by atoms with van der Waals surface area (Å²) in [5, 5.41) is 19.3. The number of hydrogen-bond donors (Lipinski definition) is 1. The van der Waals surface area contributed by atoms with E-state index in [-0.39, 0.29) is 11.6 Å². The molecule has 1 aromatic heterocycles. The number of para-hydroxylation sites is 1. The van der Waals surface area contributed by atoms with Gasteiger partial charge in [-0.25, -0.2) is 4.68 Å². The molecule has 1 aliphatic heterocycles. The molecular formula is C27H25N5O3.